The fourth-order valence-corrected chi connectivity index (χ4v) is 4.46. The van der Waals surface area contributed by atoms with E-state index in [9.17, 15) is 9.59 Å². The molecule has 0 aromatic rings. The molecule has 0 amide bonds. The van der Waals surface area contributed by atoms with Crippen molar-refractivity contribution in [1.82, 2.24) is 0 Å². The van der Waals surface area contributed by atoms with Crippen LogP contribution < -0.4 is 0 Å². The third-order valence-corrected chi connectivity index (χ3v) is 6.74. The van der Waals surface area contributed by atoms with E-state index in [4.69, 9.17) is 9.84 Å². The minimum atomic E-state index is -0.745. The quantitative estimate of drug-likeness (QED) is 0.0701. The van der Waals surface area contributed by atoms with Crippen molar-refractivity contribution in [2.45, 2.75) is 174 Å². The van der Waals surface area contributed by atoms with Gasteiger partial charge in [0.1, 0.15) is 6.10 Å². The summed E-state index contributed by atoms with van der Waals surface area (Å²) in [5, 5.41) is 8.86. The van der Waals surface area contributed by atoms with E-state index in [2.05, 4.69) is 26.0 Å². The molecule has 0 aliphatic rings. The van der Waals surface area contributed by atoms with Crippen molar-refractivity contribution < 1.29 is 19.4 Å². The Morgan fingerprint density at radius 2 is 1.06 bits per heavy atom. The van der Waals surface area contributed by atoms with Gasteiger partial charge in [-0.2, -0.15) is 0 Å². The standard InChI is InChI=1S/C31H58O4/c1-3-5-7-9-11-13-14-16-18-20-22-28-31(34)35-29(26-23-24-27-30(32)33)25-21-19-17-15-12-10-8-6-4-2/h9,11,29H,3-8,10,12-28H2,1-2H3,(H,32,33)/b11-9-. The lowest BCUT2D eigenvalue weighted by Crippen LogP contribution is -2.18. The lowest BCUT2D eigenvalue weighted by molar-refractivity contribution is -0.150. The molecule has 0 spiro atoms. The molecule has 0 aromatic heterocycles. The van der Waals surface area contributed by atoms with Crippen LogP contribution in [-0.2, 0) is 14.3 Å². The zero-order valence-electron chi connectivity index (χ0n) is 23.4. The van der Waals surface area contributed by atoms with Crippen LogP contribution in [0.15, 0.2) is 12.2 Å². The Kier molecular flexibility index (Phi) is 26.2. The molecule has 35 heavy (non-hydrogen) atoms. The van der Waals surface area contributed by atoms with Gasteiger partial charge >= 0.3 is 11.9 Å². The first-order valence-electron chi connectivity index (χ1n) is 15.2. The molecular formula is C31H58O4. The van der Waals surface area contributed by atoms with Gasteiger partial charge in [0, 0.05) is 12.8 Å². The van der Waals surface area contributed by atoms with E-state index in [1.807, 2.05) is 0 Å². The first-order valence-corrected chi connectivity index (χ1v) is 15.2. The number of carboxylic acids is 1. The maximum Gasteiger partial charge on any atom is 0.306 e. The number of unbranched alkanes of at least 4 members (excludes halogenated alkanes) is 16. The van der Waals surface area contributed by atoms with E-state index in [1.54, 1.807) is 0 Å². The number of esters is 1. The fraction of sp³-hybridized carbons (Fsp3) is 0.871. The van der Waals surface area contributed by atoms with Crippen molar-refractivity contribution in [1.29, 1.82) is 0 Å². The normalized spacial score (nSPS) is 12.3. The van der Waals surface area contributed by atoms with Gasteiger partial charge in [0.2, 0.25) is 0 Å². The Labute approximate surface area is 217 Å². The van der Waals surface area contributed by atoms with Crippen molar-refractivity contribution in [2.75, 3.05) is 0 Å². The second kappa shape index (κ2) is 27.3. The summed E-state index contributed by atoms with van der Waals surface area (Å²) in [6.07, 6.45) is 30.7. The molecule has 0 aliphatic heterocycles. The summed E-state index contributed by atoms with van der Waals surface area (Å²) in [6, 6.07) is 0. The number of allylic oxidation sites excluding steroid dienone is 2. The molecule has 0 bridgehead atoms. The molecule has 0 heterocycles. The van der Waals surface area contributed by atoms with Gasteiger partial charge in [-0.05, 0) is 57.8 Å². The summed E-state index contributed by atoms with van der Waals surface area (Å²) in [6.45, 7) is 4.48. The van der Waals surface area contributed by atoms with Gasteiger partial charge in [0.05, 0.1) is 0 Å². The lowest BCUT2D eigenvalue weighted by atomic mass is 10.0. The molecule has 0 rings (SSSR count). The highest BCUT2D eigenvalue weighted by molar-refractivity contribution is 5.69. The number of carbonyl (C=O) groups is 2. The second-order valence-electron chi connectivity index (χ2n) is 10.3. The highest BCUT2D eigenvalue weighted by Gasteiger charge is 2.14. The molecule has 1 atom stereocenters. The zero-order chi connectivity index (χ0) is 25.8. The van der Waals surface area contributed by atoms with E-state index in [0.717, 1.165) is 38.5 Å². The molecule has 0 aliphatic carbocycles. The molecule has 0 fully saturated rings. The average Bonchev–Trinajstić information content (AvgIpc) is 2.83. The van der Waals surface area contributed by atoms with Gasteiger partial charge in [-0.1, -0.05) is 109 Å². The number of aliphatic carboxylic acids is 1. The summed E-state index contributed by atoms with van der Waals surface area (Å²) >= 11 is 0. The summed E-state index contributed by atoms with van der Waals surface area (Å²) in [7, 11) is 0. The minimum absolute atomic E-state index is 0.0413. The van der Waals surface area contributed by atoms with Crippen molar-refractivity contribution >= 4 is 11.9 Å². The Bertz CT molecular complexity index is 500. The summed E-state index contributed by atoms with van der Waals surface area (Å²) in [5.74, 6) is -0.812. The third-order valence-electron chi connectivity index (χ3n) is 6.74. The number of hydrogen-bond donors (Lipinski definition) is 1. The average molecular weight is 495 g/mol. The lowest BCUT2D eigenvalue weighted by Gasteiger charge is -2.18. The van der Waals surface area contributed by atoms with Gasteiger partial charge in [0.15, 0.2) is 0 Å². The largest absolute Gasteiger partial charge is 0.481 e. The predicted molar refractivity (Wildman–Crippen MR) is 149 cm³/mol. The van der Waals surface area contributed by atoms with Crippen molar-refractivity contribution in [3.05, 3.63) is 12.2 Å². The van der Waals surface area contributed by atoms with Crippen LogP contribution in [0.5, 0.6) is 0 Å². The Morgan fingerprint density at radius 1 is 0.600 bits per heavy atom. The molecule has 0 aromatic carbocycles. The molecule has 4 heteroatoms. The topological polar surface area (TPSA) is 63.6 Å². The maximum absolute atomic E-state index is 12.4. The molecular weight excluding hydrogens is 436 g/mol. The molecule has 1 unspecified atom stereocenters. The molecule has 0 saturated carbocycles. The van der Waals surface area contributed by atoms with E-state index in [1.165, 1.54) is 96.3 Å². The van der Waals surface area contributed by atoms with Gasteiger partial charge < -0.3 is 9.84 Å². The number of carboxylic acid groups (broad SMARTS) is 1. The van der Waals surface area contributed by atoms with Crippen LogP contribution >= 0.6 is 0 Å². The Balaban J connectivity index is 3.97. The summed E-state index contributed by atoms with van der Waals surface area (Å²) in [4.78, 5) is 23.2. The van der Waals surface area contributed by atoms with Crippen molar-refractivity contribution in [3.8, 4) is 0 Å². The van der Waals surface area contributed by atoms with Crippen molar-refractivity contribution in [3.63, 3.8) is 0 Å². The van der Waals surface area contributed by atoms with E-state index >= 15 is 0 Å². The van der Waals surface area contributed by atoms with E-state index < -0.39 is 5.97 Å². The first kappa shape index (κ1) is 33.7. The maximum atomic E-state index is 12.4. The molecule has 4 nitrogen and oxygen atoms in total. The van der Waals surface area contributed by atoms with Crippen LogP contribution in [0.3, 0.4) is 0 Å². The Hall–Kier alpha value is -1.32. The van der Waals surface area contributed by atoms with Gasteiger partial charge in [-0.15, -0.1) is 0 Å². The van der Waals surface area contributed by atoms with Crippen LogP contribution in [0, 0.1) is 0 Å². The van der Waals surface area contributed by atoms with Crippen LogP contribution in [-0.4, -0.2) is 23.1 Å². The van der Waals surface area contributed by atoms with Gasteiger partial charge in [-0.25, -0.2) is 0 Å². The third kappa shape index (κ3) is 27.1. The monoisotopic (exact) mass is 494 g/mol. The van der Waals surface area contributed by atoms with Crippen molar-refractivity contribution in [2.24, 2.45) is 0 Å². The van der Waals surface area contributed by atoms with Crippen LogP contribution in [0.25, 0.3) is 0 Å². The number of ether oxygens (including phenoxy) is 1. The Morgan fingerprint density at radius 3 is 1.66 bits per heavy atom. The summed E-state index contributed by atoms with van der Waals surface area (Å²) in [5.41, 5.74) is 0. The fourth-order valence-electron chi connectivity index (χ4n) is 4.46. The van der Waals surface area contributed by atoms with Crippen LogP contribution in [0.2, 0.25) is 0 Å². The molecule has 0 radical (unpaired) electrons. The van der Waals surface area contributed by atoms with Gasteiger partial charge in [-0.3, -0.25) is 9.59 Å². The first-order chi connectivity index (χ1) is 17.1. The van der Waals surface area contributed by atoms with Gasteiger partial charge in [0.25, 0.3) is 0 Å². The minimum Gasteiger partial charge on any atom is -0.481 e. The molecule has 0 saturated heterocycles. The number of carbonyl (C=O) groups excluding carboxylic acids is 1. The molecule has 206 valence electrons. The van der Waals surface area contributed by atoms with Crippen LogP contribution in [0.1, 0.15) is 168 Å². The number of rotatable bonds is 27. The zero-order valence-corrected chi connectivity index (χ0v) is 23.4. The van der Waals surface area contributed by atoms with Crippen LogP contribution in [0.4, 0.5) is 0 Å². The number of hydrogen-bond acceptors (Lipinski definition) is 3. The summed E-state index contributed by atoms with van der Waals surface area (Å²) < 4.78 is 5.83. The SMILES string of the molecule is CCCC/C=C\CCCCCCCC(=O)OC(CCCCCCCCCCC)CCCCC(=O)O. The highest BCUT2D eigenvalue weighted by atomic mass is 16.5. The molecule has 1 N–H and O–H groups in total. The van der Waals surface area contributed by atoms with E-state index in [-0.39, 0.29) is 18.5 Å². The highest BCUT2D eigenvalue weighted by Crippen LogP contribution is 2.18. The predicted octanol–water partition coefficient (Wildman–Crippen LogP) is 9.94. The smallest absolute Gasteiger partial charge is 0.306 e. The second-order valence-corrected chi connectivity index (χ2v) is 10.3. The van der Waals surface area contributed by atoms with E-state index in [0.29, 0.717) is 12.8 Å².